The minimum absolute atomic E-state index is 0.336. The molecule has 0 unspecified atom stereocenters. The molecule has 0 aromatic heterocycles. The van der Waals surface area contributed by atoms with Gasteiger partial charge in [0.05, 0.1) is 4.90 Å². The van der Waals surface area contributed by atoms with Crippen LogP contribution in [-0.4, -0.2) is 5.11 Å². The lowest BCUT2D eigenvalue weighted by atomic mass is 10.1. The minimum Gasteiger partial charge on any atom is -0.507 e. The van der Waals surface area contributed by atoms with Gasteiger partial charge >= 0.3 is 0 Å². The average molecular weight is 252 g/mol. The van der Waals surface area contributed by atoms with Crippen LogP contribution in [0.3, 0.4) is 0 Å². The quantitative estimate of drug-likeness (QED) is 0.713. The third-order valence-corrected chi connectivity index (χ3v) is 3.96. The van der Waals surface area contributed by atoms with Gasteiger partial charge in [-0.2, -0.15) is 0 Å². The van der Waals surface area contributed by atoms with E-state index in [1.165, 1.54) is 0 Å². The van der Waals surface area contributed by atoms with Crippen molar-refractivity contribution in [1.82, 2.24) is 0 Å². The molecule has 3 aromatic carbocycles. The van der Waals surface area contributed by atoms with Gasteiger partial charge in [-0.05, 0) is 29.0 Å². The SMILES string of the molecule is Oc1ccc2ccccc2c1Sc1ccccc1. The Kier molecular flexibility index (Phi) is 2.95. The highest BCUT2D eigenvalue weighted by Crippen LogP contribution is 2.39. The van der Waals surface area contributed by atoms with E-state index < -0.39 is 0 Å². The molecule has 0 spiro atoms. The van der Waals surface area contributed by atoms with E-state index in [-0.39, 0.29) is 0 Å². The van der Waals surface area contributed by atoms with Gasteiger partial charge in [0.25, 0.3) is 0 Å². The van der Waals surface area contributed by atoms with Crippen molar-refractivity contribution in [3.63, 3.8) is 0 Å². The van der Waals surface area contributed by atoms with Gasteiger partial charge in [-0.25, -0.2) is 0 Å². The summed E-state index contributed by atoms with van der Waals surface area (Å²) in [5.74, 6) is 0.336. The largest absolute Gasteiger partial charge is 0.507 e. The maximum Gasteiger partial charge on any atom is 0.130 e. The zero-order valence-electron chi connectivity index (χ0n) is 9.71. The number of rotatable bonds is 2. The highest BCUT2D eigenvalue weighted by atomic mass is 32.2. The molecule has 0 radical (unpaired) electrons. The van der Waals surface area contributed by atoms with Crippen molar-refractivity contribution in [3.8, 4) is 5.75 Å². The number of hydrogen-bond donors (Lipinski definition) is 1. The van der Waals surface area contributed by atoms with Crippen molar-refractivity contribution < 1.29 is 5.11 Å². The lowest BCUT2D eigenvalue weighted by molar-refractivity contribution is 0.464. The molecule has 88 valence electrons. The number of aromatic hydroxyl groups is 1. The van der Waals surface area contributed by atoms with Crippen molar-refractivity contribution in [1.29, 1.82) is 0 Å². The second kappa shape index (κ2) is 4.75. The molecule has 0 aliphatic heterocycles. The van der Waals surface area contributed by atoms with Crippen LogP contribution in [0.5, 0.6) is 5.75 Å². The summed E-state index contributed by atoms with van der Waals surface area (Å²) in [6.07, 6.45) is 0. The van der Waals surface area contributed by atoms with E-state index in [0.29, 0.717) is 5.75 Å². The molecule has 3 rings (SSSR count). The second-order valence-electron chi connectivity index (χ2n) is 4.05. The topological polar surface area (TPSA) is 20.2 Å². The number of fused-ring (bicyclic) bond motifs is 1. The van der Waals surface area contributed by atoms with Gasteiger partial charge in [-0.3, -0.25) is 0 Å². The van der Waals surface area contributed by atoms with Gasteiger partial charge in [-0.1, -0.05) is 60.3 Å². The average Bonchev–Trinajstić information content (AvgIpc) is 2.43. The maximum absolute atomic E-state index is 10.0. The smallest absolute Gasteiger partial charge is 0.130 e. The molecule has 0 fully saturated rings. The molecule has 0 heterocycles. The highest BCUT2D eigenvalue weighted by molar-refractivity contribution is 7.99. The Morgan fingerprint density at radius 1 is 0.722 bits per heavy atom. The van der Waals surface area contributed by atoms with Crippen LogP contribution >= 0.6 is 11.8 Å². The second-order valence-corrected chi connectivity index (χ2v) is 5.13. The number of benzene rings is 3. The first-order valence-electron chi connectivity index (χ1n) is 5.78. The predicted octanol–water partition coefficient (Wildman–Crippen LogP) is 4.70. The Bertz CT molecular complexity index is 677. The summed E-state index contributed by atoms with van der Waals surface area (Å²) in [7, 11) is 0. The molecular weight excluding hydrogens is 240 g/mol. The summed E-state index contributed by atoms with van der Waals surface area (Å²) in [4.78, 5) is 2.04. The van der Waals surface area contributed by atoms with Crippen LogP contribution in [0.2, 0.25) is 0 Å². The summed E-state index contributed by atoms with van der Waals surface area (Å²) in [6, 6.07) is 21.9. The third-order valence-electron chi connectivity index (χ3n) is 2.82. The van der Waals surface area contributed by atoms with Crippen LogP contribution in [0.1, 0.15) is 0 Å². The van der Waals surface area contributed by atoms with Crippen molar-refractivity contribution in [2.24, 2.45) is 0 Å². The summed E-state index contributed by atoms with van der Waals surface area (Å²) in [5.41, 5.74) is 0. The molecule has 18 heavy (non-hydrogen) atoms. The molecule has 0 saturated carbocycles. The molecule has 0 amide bonds. The third kappa shape index (κ3) is 2.07. The fourth-order valence-corrected chi connectivity index (χ4v) is 2.94. The molecule has 0 bridgehead atoms. The normalized spacial score (nSPS) is 10.7. The van der Waals surface area contributed by atoms with Crippen molar-refractivity contribution in [2.75, 3.05) is 0 Å². The van der Waals surface area contributed by atoms with Gasteiger partial charge in [0, 0.05) is 4.90 Å². The number of hydrogen-bond acceptors (Lipinski definition) is 2. The summed E-state index contributed by atoms with van der Waals surface area (Å²) in [5, 5.41) is 12.3. The van der Waals surface area contributed by atoms with E-state index in [1.807, 2.05) is 54.6 Å². The molecule has 0 aliphatic carbocycles. The molecule has 0 aliphatic rings. The van der Waals surface area contributed by atoms with E-state index in [4.69, 9.17) is 0 Å². The first-order chi connectivity index (χ1) is 8.84. The van der Waals surface area contributed by atoms with E-state index >= 15 is 0 Å². The molecule has 0 saturated heterocycles. The fourth-order valence-electron chi connectivity index (χ4n) is 1.95. The van der Waals surface area contributed by atoms with Crippen LogP contribution in [0.4, 0.5) is 0 Å². The lowest BCUT2D eigenvalue weighted by Gasteiger charge is -2.08. The summed E-state index contributed by atoms with van der Waals surface area (Å²) >= 11 is 1.59. The van der Waals surface area contributed by atoms with E-state index in [0.717, 1.165) is 20.6 Å². The van der Waals surface area contributed by atoms with Crippen LogP contribution in [0, 0.1) is 0 Å². The van der Waals surface area contributed by atoms with Crippen LogP contribution in [0.15, 0.2) is 76.5 Å². The molecular formula is C16H12OS. The van der Waals surface area contributed by atoms with Crippen molar-refractivity contribution in [3.05, 3.63) is 66.7 Å². The molecule has 2 heteroatoms. The number of phenols is 1. The Morgan fingerprint density at radius 3 is 2.28 bits per heavy atom. The van der Waals surface area contributed by atoms with E-state index in [9.17, 15) is 5.11 Å². The molecule has 0 atom stereocenters. The van der Waals surface area contributed by atoms with Gasteiger partial charge in [0.2, 0.25) is 0 Å². The molecule has 3 aromatic rings. The fraction of sp³-hybridized carbons (Fsp3) is 0. The zero-order chi connectivity index (χ0) is 12.4. The monoisotopic (exact) mass is 252 g/mol. The first kappa shape index (κ1) is 11.2. The first-order valence-corrected chi connectivity index (χ1v) is 6.60. The molecule has 1 nitrogen and oxygen atoms in total. The van der Waals surface area contributed by atoms with Crippen LogP contribution in [-0.2, 0) is 0 Å². The van der Waals surface area contributed by atoms with Gasteiger partial charge < -0.3 is 5.11 Å². The summed E-state index contributed by atoms with van der Waals surface area (Å²) < 4.78 is 0. The zero-order valence-corrected chi connectivity index (χ0v) is 10.5. The van der Waals surface area contributed by atoms with Gasteiger partial charge in [-0.15, -0.1) is 0 Å². The van der Waals surface area contributed by atoms with Crippen molar-refractivity contribution >= 4 is 22.5 Å². The van der Waals surface area contributed by atoms with Gasteiger partial charge in [0.15, 0.2) is 0 Å². The lowest BCUT2D eigenvalue weighted by Crippen LogP contribution is -1.79. The Morgan fingerprint density at radius 2 is 1.44 bits per heavy atom. The Labute approximate surface area is 110 Å². The Hall–Kier alpha value is -1.93. The van der Waals surface area contributed by atoms with E-state index in [1.54, 1.807) is 17.8 Å². The standard InChI is InChI=1S/C16H12OS/c17-15-11-10-12-6-4-5-9-14(12)16(15)18-13-7-2-1-3-8-13/h1-11,17H. The Balaban J connectivity index is 2.13. The van der Waals surface area contributed by atoms with Crippen molar-refractivity contribution in [2.45, 2.75) is 9.79 Å². The van der Waals surface area contributed by atoms with Crippen LogP contribution < -0.4 is 0 Å². The highest BCUT2D eigenvalue weighted by Gasteiger charge is 2.08. The van der Waals surface area contributed by atoms with Gasteiger partial charge in [0.1, 0.15) is 5.75 Å². The summed E-state index contributed by atoms with van der Waals surface area (Å²) in [6.45, 7) is 0. The maximum atomic E-state index is 10.0. The van der Waals surface area contributed by atoms with E-state index in [2.05, 4.69) is 6.07 Å². The minimum atomic E-state index is 0.336. The van der Waals surface area contributed by atoms with Crippen LogP contribution in [0.25, 0.3) is 10.8 Å². The number of phenolic OH excluding ortho intramolecular Hbond substituents is 1. The molecule has 1 N–H and O–H groups in total. The predicted molar refractivity (Wildman–Crippen MR) is 76.2 cm³/mol.